The van der Waals surface area contributed by atoms with E-state index in [1.54, 1.807) is 0 Å². The zero-order chi connectivity index (χ0) is 14.8. The topological polar surface area (TPSA) is 43.8 Å². The predicted octanol–water partition coefficient (Wildman–Crippen LogP) is 4.44. The maximum atomic E-state index is 6.08. The first kappa shape index (κ1) is 14.4. The van der Waals surface area contributed by atoms with Gasteiger partial charge in [0.05, 0.1) is 12.2 Å². The standard InChI is InChI=1S/C16H13ClIN3/c17-13-3-1-2-11(8-13)9-21-10-15(19)16(20-21)12-4-6-14(18)7-5-12/h1-8,10H,9,19H2. The van der Waals surface area contributed by atoms with Crippen molar-refractivity contribution in [2.24, 2.45) is 0 Å². The van der Waals surface area contributed by atoms with Crippen LogP contribution in [-0.2, 0) is 6.54 Å². The Labute approximate surface area is 141 Å². The molecule has 0 aliphatic rings. The van der Waals surface area contributed by atoms with Crippen LogP contribution in [0.5, 0.6) is 0 Å². The Hall–Kier alpha value is -1.53. The van der Waals surface area contributed by atoms with Gasteiger partial charge in [-0.3, -0.25) is 4.68 Å². The van der Waals surface area contributed by atoms with Crippen molar-refractivity contribution in [2.45, 2.75) is 6.54 Å². The molecule has 3 rings (SSSR count). The van der Waals surface area contributed by atoms with Crippen molar-refractivity contribution in [3.05, 3.63) is 68.9 Å². The zero-order valence-electron chi connectivity index (χ0n) is 11.1. The SMILES string of the molecule is Nc1cn(Cc2cccc(Cl)c2)nc1-c1ccc(I)cc1. The van der Waals surface area contributed by atoms with Crippen molar-refractivity contribution in [3.63, 3.8) is 0 Å². The third kappa shape index (κ3) is 3.39. The summed E-state index contributed by atoms with van der Waals surface area (Å²) in [7, 11) is 0. The number of rotatable bonds is 3. The maximum Gasteiger partial charge on any atom is 0.115 e. The molecule has 3 aromatic rings. The summed E-state index contributed by atoms with van der Waals surface area (Å²) in [6.45, 7) is 0.648. The van der Waals surface area contributed by atoms with Gasteiger partial charge in [0.25, 0.3) is 0 Å². The Morgan fingerprint density at radius 1 is 1.14 bits per heavy atom. The van der Waals surface area contributed by atoms with E-state index >= 15 is 0 Å². The third-order valence-corrected chi connectivity index (χ3v) is 4.10. The highest BCUT2D eigenvalue weighted by molar-refractivity contribution is 14.1. The average Bonchev–Trinajstić information content (AvgIpc) is 2.80. The molecule has 1 heterocycles. The first-order chi connectivity index (χ1) is 10.1. The largest absolute Gasteiger partial charge is 0.396 e. The number of aromatic nitrogens is 2. The number of anilines is 1. The van der Waals surface area contributed by atoms with Crippen LogP contribution in [0.4, 0.5) is 5.69 Å². The minimum atomic E-state index is 0.648. The molecule has 0 atom stereocenters. The molecule has 0 fully saturated rings. The smallest absolute Gasteiger partial charge is 0.115 e. The molecule has 1 aromatic heterocycles. The molecule has 0 aliphatic carbocycles. The van der Waals surface area contributed by atoms with E-state index in [1.807, 2.05) is 59.4 Å². The monoisotopic (exact) mass is 409 g/mol. The highest BCUT2D eigenvalue weighted by Gasteiger charge is 2.09. The van der Waals surface area contributed by atoms with Crippen LogP contribution in [0.3, 0.4) is 0 Å². The number of hydrogen-bond acceptors (Lipinski definition) is 2. The Morgan fingerprint density at radius 3 is 2.62 bits per heavy atom. The van der Waals surface area contributed by atoms with Gasteiger partial charge < -0.3 is 5.73 Å². The van der Waals surface area contributed by atoms with Crippen LogP contribution in [0.15, 0.2) is 54.7 Å². The van der Waals surface area contributed by atoms with E-state index in [-0.39, 0.29) is 0 Å². The molecule has 2 aromatic carbocycles. The second-order valence-corrected chi connectivity index (χ2v) is 6.45. The van der Waals surface area contributed by atoms with Gasteiger partial charge in [-0.2, -0.15) is 5.10 Å². The second-order valence-electron chi connectivity index (χ2n) is 4.77. The van der Waals surface area contributed by atoms with Crippen LogP contribution >= 0.6 is 34.2 Å². The summed E-state index contributed by atoms with van der Waals surface area (Å²) in [6.07, 6.45) is 1.86. The van der Waals surface area contributed by atoms with E-state index in [4.69, 9.17) is 17.3 Å². The normalized spacial score (nSPS) is 10.8. The fourth-order valence-electron chi connectivity index (χ4n) is 2.17. The number of nitrogens with zero attached hydrogens (tertiary/aromatic N) is 2. The molecule has 0 aliphatic heterocycles. The summed E-state index contributed by atoms with van der Waals surface area (Å²) in [5.41, 5.74) is 9.70. The second kappa shape index (κ2) is 6.07. The number of benzene rings is 2. The van der Waals surface area contributed by atoms with Crippen LogP contribution in [0, 0.1) is 3.57 Å². The molecule has 3 nitrogen and oxygen atoms in total. The minimum Gasteiger partial charge on any atom is -0.396 e. The van der Waals surface area contributed by atoms with Crippen LogP contribution in [-0.4, -0.2) is 9.78 Å². The lowest BCUT2D eigenvalue weighted by Gasteiger charge is -2.02. The van der Waals surface area contributed by atoms with Gasteiger partial charge in [-0.15, -0.1) is 0 Å². The Kier molecular flexibility index (Phi) is 4.17. The van der Waals surface area contributed by atoms with Crippen molar-refractivity contribution >= 4 is 39.9 Å². The molecule has 0 unspecified atom stereocenters. The van der Waals surface area contributed by atoms with Gasteiger partial charge >= 0.3 is 0 Å². The molecule has 0 saturated heterocycles. The molecular formula is C16H13ClIN3. The van der Waals surface area contributed by atoms with E-state index in [0.717, 1.165) is 21.8 Å². The molecule has 5 heteroatoms. The Bertz CT molecular complexity index is 765. The first-order valence-corrected chi connectivity index (χ1v) is 7.91. The molecular weight excluding hydrogens is 397 g/mol. The van der Waals surface area contributed by atoms with E-state index in [9.17, 15) is 0 Å². The number of nitrogens with two attached hydrogens (primary N) is 1. The molecule has 0 saturated carbocycles. The van der Waals surface area contributed by atoms with E-state index in [0.29, 0.717) is 12.2 Å². The summed E-state index contributed by atoms with van der Waals surface area (Å²) in [5.74, 6) is 0. The molecule has 21 heavy (non-hydrogen) atoms. The highest BCUT2D eigenvalue weighted by atomic mass is 127. The lowest BCUT2D eigenvalue weighted by atomic mass is 10.1. The van der Waals surface area contributed by atoms with E-state index in [1.165, 1.54) is 3.57 Å². The van der Waals surface area contributed by atoms with Crippen LogP contribution < -0.4 is 5.73 Å². The van der Waals surface area contributed by atoms with Gasteiger partial charge in [-0.1, -0.05) is 35.9 Å². The predicted molar refractivity (Wildman–Crippen MR) is 95.3 cm³/mol. The van der Waals surface area contributed by atoms with Crippen molar-refractivity contribution in [1.82, 2.24) is 9.78 Å². The quantitative estimate of drug-likeness (QED) is 0.650. The van der Waals surface area contributed by atoms with Gasteiger partial charge in [0.1, 0.15) is 5.69 Å². The third-order valence-electron chi connectivity index (χ3n) is 3.14. The van der Waals surface area contributed by atoms with Gasteiger partial charge in [0.2, 0.25) is 0 Å². The highest BCUT2D eigenvalue weighted by Crippen LogP contribution is 2.25. The minimum absolute atomic E-state index is 0.648. The lowest BCUT2D eigenvalue weighted by molar-refractivity contribution is 0.689. The fraction of sp³-hybridized carbons (Fsp3) is 0.0625. The Morgan fingerprint density at radius 2 is 1.90 bits per heavy atom. The fourth-order valence-corrected chi connectivity index (χ4v) is 2.74. The number of halogens is 2. The van der Waals surface area contributed by atoms with Crippen LogP contribution in [0.25, 0.3) is 11.3 Å². The average molecular weight is 410 g/mol. The summed E-state index contributed by atoms with van der Waals surface area (Å²) in [4.78, 5) is 0. The molecule has 2 N–H and O–H groups in total. The summed E-state index contributed by atoms with van der Waals surface area (Å²) in [5, 5.41) is 5.31. The molecule has 0 spiro atoms. The Balaban J connectivity index is 1.89. The maximum absolute atomic E-state index is 6.08. The van der Waals surface area contributed by atoms with Gasteiger partial charge in [-0.25, -0.2) is 0 Å². The zero-order valence-corrected chi connectivity index (χ0v) is 14.0. The van der Waals surface area contributed by atoms with Crippen molar-refractivity contribution in [1.29, 1.82) is 0 Å². The van der Waals surface area contributed by atoms with Crippen molar-refractivity contribution in [2.75, 3.05) is 5.73 Å². The summed E-state index contributed by atoms with van der Waals surface area (Å²) in [6, 6.07) is 15.9. The van der Waals surface area contributed by atoms with Gasteiger partial charge in [0, 0.05) is 20.4 Å². The van der Waals surface area contributed by atoms with Crippen LogP contribution in [0.2, 0.25) is 5.02 Å². The molecule has 0 radical (unpaired) electrons. The van der Waals surface area contributed by atoms with Crippen molar-refractivity contribution < 1.29 is 0 Å². The molecule has 0 bridgehead atoms. The number of nitrogen functional groups attached to an aromatic ring is 1. The number of hydrogen-bond donors (Lipinski definition) is 1. The lowest BCUT2D eigenvalue weighted by Crippen LogP contribution is -2.00. The summed E-state index contributed by atoms with van der Waals surface area (Å²) >= 11 is 8.28. The molecule has 106 valence electrons. The van der Waals surface area contributed by atoms with E-state index in [2.05, 4.69) is 27.7 Å². The van der Waals surface area contributed by atoms with E-state index < -0.39 is 0 Å². The van der Waals surface area contributed by atoms with Crippen molar-refractivity contribution in [3.8, 4) is 11.3 Å². The van der Waals surface area contributed by atoms with Crippen LogP contribution in [0.1, 0.15) is 5.56 Å². The van der Waals surface area contributed by atoms with Gasteiger partial charge in [0.15, 0.2) is 0 Å². The van der Waals surface area contributed by atoms with Gasteiger partial charge in [-0.05, 0) is 52.4 Å². The summed E-state index contributed by atoms with van der Waals surface area (Å²) < 4.78 is 3.03. The first-order valence-electron chi connectivity index (χ1n) is 6.45. The molecule has 0 amide bonds.